The average molecular weight is 391 g/mol. The zero-order valence-corrected chi connectivity index (χ0v) is 16.0. The molecule has 2 rings (SSSR count). The van der Waals surface area contributed by atoms with Crippen LogP contribution in [0.25, 0.3) is 0 Å². The Morgan fingerprint density at radius 2 is 1.78 bits per heavy atom. The predicted octanol–water partition coefficient (Wildman–Crippen LogP) is 2.55. The molecule has 0 saturated carbocycles. The maximum atomic E-state index is 13.1. The van der Waals surface area contributed by atoms with Gasteiger partial charge in [-0.3, -0.25) is 9.79 Å². The number of hydrogen-bond acceptors (Lipinski definition) is 2. The minimum absolute atomic E-state index is 0.149. The number of guanidine groups is 1. The second kappa shape index (κ2) is 11.2. The molecule has 1 amide bonds. The second-order valence-corrected chi connectivity index (χ2v) is 6.33. The summed E-state index contributed by atoms with van der Waals surface area (Å²) >= 11 is 6.14. The minimum Gasteiger partial charge on any atom is -0.356 e. The van der Waals surface area contributed by atoms with Crippen LogP contribution < -0.4 is 16.0 Å². The molecular weight excluding hydrogens is 367 g/mol. The van der Waals surface area contributed by atoms with E-state index in [2.05, 4.69) is 20.9 Å². The summed E-state index contributed by atoms with van der Waals surface area (Å²) in [4.78, 5) is 16.0. The largest absolute Gasteiger partial charge is 0.356 e. The Morgan fingerprint density at radius 1 is 1.04 bits per heavy atom. The van der Waals surface area contributed by atoms with Crippen molar-refractivity contribution in [1.29, 1.82) is 0 Å². The molecule has 0 bridgehead atoms. The van der Waals surface area contributed by atoms with Gasteiger partial charge < -0.3 is 16.0 Å². The van der Waals surface area contributed by atoms with Crippen LogP contribution in [0.1, 0.15) is 11.1 Å². The number of nitrogens with one attached hydrogen (secondary N) is 3. The minimum atomic E-state index is -0.339. The van der Waals surface area contributed by atoms with Gasteiger partial charge in [-0.15, -0.1) is 0 Å². The molecule has 0 fully saturated rings. The van der Waals surface area contributed by atoms with E-state index in [-0.39, 0.29) is 18.1 Å². The fourth-order valence-corrected chi connectivity index (χ4v) is 2.75. The van der Waals surface area contributed by atoms with Gasteiger partial charge in [-0.1, -0.05) is 41.9 Å². The highest BCUT2D eigenvalue weighted by molar-refractivity contribution is 6.31. The molecule has 0 unspecified atom stereocenters. The number of benzene rings is 2. The Labute approximate surface area is 164 Å². The van der Waals surface area contributed by atoms with Crippen LogP contribution in [0.15, 0.2) is 53.5 Å². The van der Waals surface area contributed by atoms with Gasteiger partial charge in [0.15, 0.2) is 5.96 Å². The number of amides is 1. The fourth-order valence-electron chi connectivity index (χ4n) is 2.51. The molecule has 7 heteroatoms. The first-order chi connectivity index (χ1) is 13.1. The molecule has 0 saturated heterocycles. The smallest absolute Gasteiger partial charge is 0.224 e. The Kier molecular flexibility index (Phi) is 8.58. The summed E-state index contributed by atoms with van der Waals surface area (Å²) in [5.41, 5.74) is 1.73. The third-order valence-corrected chi connectivity index (χ3v) is 4.23. The lowest BCUT2D eigenvalue weighted by atomic mass is 10.1. The molecule has 5 nitrogen and oxygen atoms in total. The van der Waals surface area contributed by atoms with E-state index in [1.165, 1.54) is 12.1 Å². The standard InChI is InChI=1S/C20H24ClFN4O/c1-23-20(25-10-9-16-6-2-3-8-18(16)21)26-12-11-24-19(27)14-15-5-4-7-17(22)13-15/h2-8,13H,9-12,14H2,1H3,(H,24,27)(H2,23,25,26). The van der Waals surface area contributed by atoms with Crippen LogP contribution >= 0.6 is 11.6 Å². The zero-order chi connectivity index (χ0) is 19.5. The van der Waals surface area contributed by atoms with Crippen LogP contribution in [0.5, 0.6) is 0 Å². The Morgan fingerprint density at radius 3 is 2.52 bits per heavy atom. The quantitative estimate of drug-likeness (QED) is 0.368. The van der Waals surface area contributed by atoms with E-state index in [1.54, 1.807) is 19.2 Å². The maximum absolute atomic E-state index is 13.1. The van der Waals surface area contributed by atoms with Crippen molar-refractivity contribution in [3.05, 3.63) is 70.5 Å². The third-order valence-electron chi connectivity index (χ3n) is 3.86. The van der Waals surface area contributed by atoms with Crippen molar-refractivity contribution in [2.75, 3.05) is 26.7 Å². The van der Waals surface area contributed by atoms with Crippen molar-refractivity contribution in [2.45, 2.75) is 12.8 Å². The Balaban J connectivity index is 1.63. The summed E-state index contributed by atoms with van der Waals surface area (Å²) in [6, 6.07) is 13.8. The first-order valence-electron chi connectivity index (χ1n) is 8.77. The number of carbonyl (C=O) groups is 1. The number of carbonyl (C=O) groups excluding carboxylic acids is 1. The van der Waals surface area contributed by atoms with E-state index >= 15 is 0 Å². The van der Waals surface area contributed by atoms with Crippen molar-refractivity contribution in [3.63, 3.8) is 0 Å². The molecule has 2 aromatic rings. The van der Waals surface area contributed by atoms with Gasteiger partial charge in [-0.25, -0.2) is 4.39 Å². The molecule has 144 valence electrons. The highest BCUT2D eigenvalue weighted by Gasteiger charge is 2.04. The number of halogens is 2. The van der Waals surface area contributed by atoms with Crippen molar-refractivity contribution in [2.24, 2.45) is 4.99 Å². The van der Waals surface area contributed by atoms with E-state index in [0.29, 0.717) is 31.2 Å². The van der Waals surface area contributed by atoms with Crippen LogP contribution in [0.3, 0.4) is 0 Å². The monoisotopic (exact) mass is 390 g/mol. The predicted molar refractivity (Wildman–Crippen MR) is 108 cm³/mol. The molecule has 0 aromatic heterocycles. The van der Waals surface area contributed by atoms with Crippen LogP contribution in [0.2, 0.25) is 5.02 Å². The Bertz CT molecular complexity index is 782. The van der Waals surface area contributed by atoms with Crippen molar-refractivity contribution in [1.82, 2.24) is 16.0 Å². The average Bonchev–Trinajstić information content (AvgIpc) is 2.65. The van der Waals surface area contributed by atoms with Gasteiger partial charge in [0, 0.05) is 31.7 Å². The number of nitrogens with zero attached hydrogens (tertiary/aromatic N) is 1. The van der Waals surface area contributed by atoms with Crippen LogP contribution in [0.4, 0.5) is 4.39 Å². The lowest BCUT2D eigenvalue weighted by Gasteiger charge is -2.13. The van der Waals surface area contributed by atoms with Crippen LogP contribution in [0, 0.1) is 5.82 Å². The van der Waals surface area contributed by atoms with Gasteiger partial charge in [0.05, 0.1) is 6.42 Å². The molecule has 0 radical (unpaired) electrons. The lowest BCUT2D eigenvalue weighted by Crippen LogP contribution is -2.42. The first kappa shape index (κ1) is 20.7. The molecule has 0 aliphatic carbocycles. The van der Waals surface area contributed by atoms with Gasteiger partial charge in [-0.05, 0) is 35.7 Å². The topological polar surface area (TPSA) is 65.5 Å². The highest BCUT2D eigenvalue weighted by Crippen LogP contribution is 2.14. The summed E-state index contributed by atoms with van der Waals surface area (Å²) in [5, 5.41) is 9.88. The van der Waals surface area contributed by atoms with Crippen molar-refractivity contribution in [3.8, 4) is 0 Å². The zero-order valence-electron chi connectivity index (χ0n) is 15.3. The van der Waals surface area contributed by atoms with Gasteiger partial charge >= 0.3 is 0 Å². The first-order valence-corrected chi connectivity index (χ1v) is 9.15. The summed E-state index contributed by atoms with van der Waals surface area (Å²) in [7, 11) is 1.69. The van der Waals surface area contributed by atoms with Gasteiger partial charge in [0.1, 0.15) is 5.82 Å². The molecule has 0 heterocycles. The van der Waals surface area contributed by atoms with Crippen LogP contribution in [-0.4, -0.2) is 38.5 Å². The van der Waals surface area contributed by atoms with E-state index < -0.39 is 0 Å². The van der Waals surface area contributed by atoms with E-state index in [4.69, 9.17) is 11.6 Å². The summed E-state index contributed by atoms with van der Waals surface area (Å²) < 4.78 is 13.1. The SMILES string of the molecule is CN=C(NCCNC(=O)Cc1cccc(F)c1)NCCc1ccccc1Cl. The number of hydrogen-bond donors (Lipinski definition) is 3. The maximum Gasteiger partial charge on any atom is 0.224 e. The Hall–Kier alpha value is -2.60. The molecule has 0 spiro atoms. The molecule has 27 heavy (non-hydrogen) atoms. The highest BCUT2D eigenvalue weighted by atomic mass is 35.5. The molecular formula is C20H24ClFN4O. The van der Waals surface area contributed by atoms with Gasteiger partial charge in [0.2, 0.25) is 5.91 Å². The second-order valence-electron chi connectivity index (χ2n) is 5.92. The summed E-state index contributed by atoms with van der Waals surface area (Å²) in [5.74, 6) is 0.166. The van der Waals surface area contributed by atoms with Crippen molar-refractivity contribution >= 4 is 23.5 Å². The van der Waals surface area contributed by atoms with E-state index in [1.807, 2.05) is 24.3 Å². The van der Waals surface area contributed by atoms with Crippen molar-refractivity contribution < 1.29 is 9.18 Å². The molecule has 0 atom stereocenters. The van der Waals surface area contributed by atoms with Gasteiger partial charge in [-0.2, -0.15) is 0 Å². The molecule has 2 aromatic carbocycles. The summed E-state index contributed by atoms with van der Waals surface area (Å²) in [6.45, 7) is 1.66. The van der Waals surface area contributed by atoms with E-state index in [0.717, 1.165) is 17.0 Å². The molecule has 3 N–H and O–H groups in total. The lowest BCUT2D eigenvalue weighted by molar-refractivity contribution is -0.120. The number of rotatable bonds is 8. The van der Waals surface area contributed by atoms with Gasteiger partial charge in [0.25, 0.3) is 0 Å². The number of aliphatic imine (C=N–C) groups is 1. The molecule has 0 aliphatic heterocycles. The van der Waals surface area contributed by atoms with Crippen LogP contribution in [-0.2, 0) is 17.6 Å². The fraction of sp³-hybridized carbons (Fsp3) is 0.300. The van der Waals surface area contributed by atoms with E-state index in [9.17, 15) is 9.18 Å². The normalized spacial score (nSPS) is 11.1. The molecule has 0 aliphatic rings. The third kappa shape index (κ3) is 7.66. The summed E-state index contributed by atoms with van der Waals surface area (Å²) in [6.07, 6.45) is 0.938.